The predicted octanol–water partition coefficient (Wildman–Crippen LogP) is 6.06. The molecule has 1 amide bonds. The molecular formula is C23H23ClN2O3S. The van der Waals surface area contributed by atoms with Crippen LogP contribution in [0.2, 0.25) is 5.02 Å². The molecule has 1 aliphatic heterocycles. The zero-order valence-electron chi connectivity index (χ0n) is 17.4. The molecule has 0 saturated carbocycles. The van der Waals surface area contributed by atoms with Crippen LogP contribution in [0, 0.1) is 5.41 Å². The first-order valence-electron chi connectivity index (χ1n) is 9.62. The molecule has 0 atom stereocenters. The molecule has 2 aromatic heterocycles. The van der Waals surface area contributed by atoms with Crippen LogP contribution in [0.15, 0.2) is 42.6 Å². The maximum atomic E-state index is 13.1. The van der Waals surface area contributed by atoms with Crippen molar-refractivity contribution < 1.29 is 14.3 Å². The lowest BCUT2D eigenvalue weighted by Crippen LogP contribution is -2.23. The smallest absolute Gasteiger partial charge is 0.269 e. The highest BCUT2D eigenvalue weighted by atomic mass is 35.5. The molecule has 3 aromatic rings. The Morgan fingerprint density at radius 1 is 1.17 bits per heavy atom. The van der Waals surface area contributed by atoms with Gasteiger partial charge in [-0.25, -0.2) is 0 Å². The van der Waals surface area contributed by atoms with Crippen molar-refractivity contribution in [3.63, 3.8) is 0 Å². The van der Waals surface area contributed by atoms with Crippen LogP contribution in [0.3, 0.4) is 0 Å². The lowest BCUT2D eigenvalue weighted by molar-refractivity contribution is 0.1000. The molecule has 0 bridgehead atoms. The Balaban J connectivity index is 1.55. The highest BCUT2D eigenvalue weighted by Gasteiger charge is 2.32. The van der Waals surface area contributed by atoms with Crippen molar-refractivity contribution in [3.05, 3.63) is 58.1 Å². The number of methoxy groups -OCH3 is 1. The van der Waals surface area contributed by atoms with E-state index in [1.807, 2.05) is 30.3 Å². The average molecular weight is 443 g/mol. The average Bonchev–Trinajstić information content (AvgIpc) is 3.26. The number of halogens is 1. The number of rotatable bonds is 5. The number of amides is 1. The molecule has 4 rings (SSSR count). The second-order valence-corrected chi connectivity index (χ2v) is 9.89. The summed E-state index contributed by atoms with van der Waals surface area (Å²) in [4.78, 5) is 20.9. The van der Waals surface area contributed by atoms with Crippen LogP contribution in [0.4, 0.5) is 5.69 Å². The highest BCUT2D eigenvalue weighted by molar-refractivity contribution is 7.17. The van der Waals surface area contributed by atoms with E-state index in [9.17, 15) is 4.79 Å². The molecule has 0 saturated heterocycles. The van der Waals surface area contributed by atoms with Gasteiger partial charge in [-0.3, -0.25) is 9.78 Å². The monoisotopic (exact) mass is 442 g/mol. The topological polar surface area (TPSA) is 51.7 Å². The van der Waals surface area contributed by atoms with Crippen molar-refractivity contribution in [1.29, 1.82) is 0 Å². The van der Waals surface area contributed by atoms with Gasteiger partial charge in [0, 0.05) is 18.0 Å². The molecule has 1 aromatic carbocycles. The van der Waals surface area contributed by atoms with Gasteiger partial charge in [0.15, 0.2) is 11.5 Å². The molecule has 3 heterocycles. The number of anilines is 1. The fraction of sp³-hybridized carbons (Fsp3) is 0.304. The molecule has 1 aliphatic rings. The first kappa shape index (κ1) is 20.7. The van der Waals surface area contributed by atoms with Crippen molar-refractivity contribution in [2.24, 2.45) is 5.41 Å². The van der Waals surface area contributed by atoms with Gasteiger partial charge in [-0.2, -0.15) is 0 Å². The van der Waals surface area contributed by atoms with Crippen molar-refractivity contribution in [3.8, 4) is 22.1 Å². The SMILES string of the molecule is COc1cc(N2Cc3cc(-c4ccc(Cl)cn4)sc3C2=O)ccc1OCC(C)(C)C. The number of hydrogen-bond donors (Lipinski definition) is 0. The van der Waals surface area contributed by atoms with E-state index in [1.165, 1.54) is 11.3 Å². The first-order chi connectivity index (χ1) is 14.2. The summed E-state index contributed by atoms with van der Waals surface area (Å²) in [5.41, 5.74) is 2.65. The van der Waals surface area contributed by atoms with Gasteiger partial charge in [-0.05, 0) is 41.3 Å². The second-order valence-electron chi connectivity index (χ2n) is 8.40. The molecule has 0 spiro atoms. The Bertz CT molecular complexity index is 1090. The van der Waals surface area contributed by atoms with Gasteiger partial charge >= 0.3 is 0 Å². The number of nitrogens with zero attached hydrogens (tertiary/aromatic N) is 2. The minimum atomic E-state index is -0.0133. The van der Waals surface area contributed by atoms with Gasteiger partial charge < -0.3 is 14.4 Å². The van der Waals surface area contributed by atoms with Crippen LogP contribution in [-0.2, 0) is 6.54 Å². The Hall–Kier alpha value is -2.57. The summed E-state index contributed by atoms with van der Waals surface area (Å²) >= 11 is 7.38. The summed E-state index contributed by atoms with van der Waals surface area (Å²) in [5, 5.41) is 0.592. The minimum absolute atomic E-state index is 0.0133. The third-order valence-electron chi connectivity index (χ3n) is 4.68. The molecule has 30 heavy (non-hydrogen) atoms. The molecule has 156 valence electrons. The zero-order valence-corrected chi connectivity index (χ0v) is 18.9. The molecule has 0 aliphatic carbocycles. The number of ether oxygens (including phenoxy) is 2. The summed E-state index contributed by atoms with van der Waals surface area (Å²) in [7, 11) is 1.61. The summed E-state index contributed by atoms with van der Waals surface area (Å²) in [6.07, 6.45) is 1.62. The van der Waals surface area contributed by atoms with E-state index in [-0.39, 0.29) is 11.3 Å². The van der Waals surface area contributed by atoms with Gasteiger partial charge in [0.25, 0.3) is 5.91 Å². The van der Waals surface area contributed by atoms with E-state index in [0.717, 1.165) is 26.7 Å². The quantitative estimate of drug-likeness (QED) is 0.482. The van der Waals surface area contributed by atoms with Crippen LogP contribution in [0.1, 0.15) is 36.0 Å². The van der Waals surface area contributed by atoms with E-state index in [4.69, 9.17) is 21.1 Å². The number of thiophene rings is 1. The third kappa shape index (κ3) is 4.16. The van der Waals surface area contributed by atoms with E-state index >= 15 is 0 Å². The Labute approximate surface area is 185 Å². The number of carbonyl (C=O) groups excluding carboxylic acids is 1. The Kier molecular flexibility index (Phi) is 5.47. The fourth-order valence-electron chi connectivity index (χ4n) is 3.19. The zero-order chi connectivity index (χ0) is 21.5. The van der Waals surface area contributed by atoms with Crippen LogP contribution in [0.5, 0.6) is 11.5 Å². The van der Waals surface area contributed by atoms with Crippen LogP contribution in [-0.4, -0.2) is 24.6 Å². The minimum Gasteiger partial charge on any atom is -0.493 e. The highest BCUT2D eigenvalue weighted by Crippen LogP contribution is 2.40. The van der Waals surface area contributed by atoms with Gasteiger partial charge in [-0.1, -0.05) is 32.4 Å². The largest absolute Gasteiger partial charge is 0.493 e. The molecular weight excluding hydrogens is 420 g/mol. The maximum absolute atomic E-state index is 13.1. The van der Waals surface area contributed by atoms with E-state index in [1.54, 1.807) is 24.3 Å². The standard InChI is InChI=1S/C23H23ClN2O3S/c1-23(2,3)13-29-18-8-6-16(10-19(18)28-4)26-12-14-9-20(30-21(14)22(26)27)17-7-5-15(24)11-25-17/h5-11H,12-13H2,1-4H3. The van der Waals surface area contributed by atoms with Gasteiger partial charge in [-0.15, -0.1) is 11.3 Å². The summed E-state index contributed by atoms with van der Waals surface area (Å²) in [5.74, 6) is 1.28. The maximum Gasteiger partial charge on any atom is 0.269 e. The predicted molar refractivity (Wildman–Crippen MR) is 121 cm³/mol. The number of pyridine rings is 1. The third-order valence-corrected chi connectivity index (χ3v) is 6.09. The summed E-state index contributed by atoms with van der Waals surface area (Å²) in [6, 6.07) is 11.3. The Morgan fingerprint density at radius 2 is 1.97 bits per heavy atom. The van der Waals surface area contributed by atoms with E-state index < -0.39 is 0 Å². The van der Waals surface area contributed by atoms with Crippen molar-refractivity contribution in [2.45, 2.75) is 27.3 Å². The number of fused-ring (bicyclic) bond motifs is 1. The number of aromatic nitrogens is 1. The van der Waals surface area contributed by atoms with Crippen molar-refractivity contribution >= 4 is 34.5 Å². The number of benzene rings is 1. The first-order valence-corrected chi connectivity index (χ1v) is 10.8. The number of hydrogen-bond acceptors (Lipinski definition) is 5. The van der Waals surface area contributed by atoms with Gasteiger partial charge in [0.1, 0.15) is 0 Å². The molecule has 7 heteroatoms. The molecule has 0 fully saturated rings. The summed E-state index contributed by atoms with van der Waals surface area (Å²) in [6.45, 7) is 7.43. The molecule has 5 nitrogen and oxygen atoms in total. The Morgan fingerprint density at radius 3 is 2.60 bits per heavy atom. The second kappa shape index (κ2) is 7.93. The number of carbonyl (C=O) groups is 1. The normalized spacial score (nSPS) is 13.5. The molecule has 0 unspecified atom stereocenters. The summed E-state index contributed by atoms with van der Waals surface area (Å²) < 4.78 is 11.4. The van der Waals surface area contributed by atoms with Crippen LogP contribution < -0.4 is 14.4 Å². The van der Waals surface area contributed by atoms with Crippen molar-refractivity contribution in [2.75, 3.05) is 18.6 Å². The molecule has 0 radical (unpaired) electrons. The lowest BCUT2D eigenvalue weighted by Gasteiger charge is -2.22. The lowest BCUT2D eigenvalue weighted by atomic mass is 9.99. The van der Waals surface area contributed by atoms with Gasteiger partial charge in [0.2, 0.25) is 0 Å². The van der Waals surface area contributed by atoms with Crippen molar-refractivity contribution in [1.82, 2.24) is 4.98 Å². The fourth-order valence-corrected chi connectivity index (χ4v) is 4.40. The molecule has 0 N–H and O–H groups in total. The van der Waals surface area contributed by atoms with Gasteiger partial charge in [0.05, 0.1) is 40.7 Å². The van der Waals surface area contributed by atoms with E-state index in [2.05, 4.69) is 25.8 Å². The van der Waals surface area contributed by atoms with Crippen LogP contribution >= 0.6 is 22.9 Å². The van der Waals surface area contributed by atoms with Crippen LogP contribution in [0.25, 0.3) is 10.6 Å². The van der Waals surface area contributed by atoms with E-state index in [0.29, 0.717) is 29.7 Å².